The Labute approximate surface area is 147 Å². The maximum absolute atomic E-state index is 11.3. The van der Waals surface area contributed by atoms with E-state index in [4.69, 9.17) is 4.74 Å². The second-order valence-electron chi connectivity index (χ2n) is 5.33. The van der Waals surface area contributed by atoms with E-state index in [0.29, 0.717) is 6.61 Å². The minimum atomic E-state index is -0.0672. The molecule has 3 rings (SSSR count). The number of aromatic amines is 1. The molecule has 0 unspecified atom stereocenters. The van der Waals surface area contributed by atoms with E-state index in [0.717, 1.165) is 40.8 Å². The van der Waals surface area contributed by atoms with Crippen molar-refractivity contribution in [3.63, 3.8) is 0 Å². The van der Waals surface area contributed by atoms with Crippen molar-refractivity contribution in [3.05, 3.63) is 70.8 Å². The van der Waals surface area contributed by atoms with Crippen LogP contribution in [0.3, 0.4) is 0 Å². The Balaban J connectivity index is 0.000000292. The second-order valence-corrected chi connectivity index (χ2v) is 5.77. The van der Waals surface area contributed by atoms with E-state index in [1.807, 2.05) is 43.3 Å². The van der Waals surface area contributed by atoms with E-state index in [1.54, 1.807) is 18.5 Å². The Hall–Kier alpha value is -2.27. The summed E-state index contributed by atoms with van der Waals surface area (Å²) in [7, 11) is 0. The number of nitrogens with zero attached hydrogens (tertiary/aromatic N) is 1. The average Bonchev–Trinajstić information content (AvgIpc) is 2.61. The first-order valence-electron chi connectivity index (χ1n) is 7.93. The summed E-state index contributed by atoms with van der Waals surface area (Å²) in [6.45, 7) is 2.64. The Kier molecular flexibility index (Phi) is 7.36. The second kappa shape index (κ2) is 9.78. The summed E-state index contributed by atoms with van der Waals surface area (Å²) in [5, 5.41) is 1.03. The average molecular weight is 342 g/mol. The number of aryl methyl sites for hydroxylation is 1. The molecule has 3 aromatic rings. The molecule has 4 nitrogen and oxygen atoms in total. The number of hydrogen-bond acceptors (Lipinski definition) is 4. The van der Waals surface area contributed by atoms with Gasteiger partial charge in [0, 0.05) is 29.4 Å². The third-order valence-corrected chi connectivity index (χ3v) is 3.73. The molecular formula is C19H22N2O2S. The van der Waals surface area contributed by atoms with Gasteiger partial charge in [0.15, 0.2) is 0 Å². The third-order valence-electron chi connectivity index (χ3n) is 3.41. The third kappa shape index (κ3) is 5.74. The van der Waals surface area contributed by atoms with E-state index < -0.39 is 0 Å². The molecule has 0 saturated heterocycles. The molecule has 0 spiro atoms. The molecule has 24 heavy (non-hydrogen) atoms. The van der Waals surface area contributed by atoms with Crippen LogP contribution in [0.1, 0.15) is 18.4 Å². The Bertz CT molecular complexity index is 777. The summed E-state index contributed by atoms with van der Waals surface area (Å²) in [5.74, 6) is 1.73. The van der Waals surface area contributed by atoms with Crippen LogP contribution in [0.15, 0.2) is 59.7 Å². The van der Waals surface area contributed by atoms with Crippen molar-refractivity contribution >= 4 is 23.5 Å². The van der Waals surface area contributed by atoms with Gasteiger partial charge in [-0.3, -0.25) is 9.78 Å². The van der Waals surface area contributed by atoms with Crippen LogP contribution >= 0.6 is 12.6 Å². The zero-order chi connectivity index (χ0) is 17.2. The fourth-order valence-electron chi connectivity index (χ4n) is 2.21. The standard InChI is InChI=1S/C14H17NO2S.C5H5N/c1-10-8-14(16)15-13-5-4-11(9-12(10)13)17-6-2-3-7-18;1-2-4-6-5-3-1/h4-5,8-9,18H,2-3,6-7H2,1H3,(H,15,16);1-5H. The Morgan fingerprint density at radius 3 is 2.54 bits per heavy atom. The van der Waals surface area contributed by atoms with Crippen molar-refractivity contribution < 1.29 is 4.74 Å². The largest absolute Gasteiger partial charge is 0.494 e. The molecule has 5 heteroatoms. The van der Waals surface area contributed by atoms with Gasteiger partial charge in [0.25, 0.3) is 0 Å². The monoisotopic (exact) mass is 342 g/mol. The predicted octanol–water partition coefficient (Wildman–Crippen LogP) is 4.01. The number of pyridine rings is 2. The number of H-pyrrole nitrogens is 1. The van der Waals surface area contributed by atoms with Crippen LogP contribution in [0.4, 0.5) is 0 Å². The molecule has 2 heterocycles. The van der Waals surface area contributed by atoms with Gasteiger partial charge in [-0.05, 0) is 61.4 Å². The van der Waals surface area contributed by atoms with Crippen molar-refractivity contribution in [3.8, 4) is 5.75 Å². The highest BCUT2D eigenvalue weighted by molar-refractivity contribution is 7.80. The van der Waals surface area contributed by atoms with Gasteiger partial charge in [-0.2, -0.15) is 12.6 Å². The van der Waals surface area contributed by atoms with Crippen molar-refractivity contribution in [2.75, 3.05) is 12.4 Å². The lowest BCUT2D eigenvalue weighted by Crippen LogP contribution is -2.05. The van der Waals surface area contributed by atoms with Crippen molar-refractivity contribution in [1.29, 1.82) is 0 Å². The van der Waals surface area contributed by atoms with Crippen LogP contribution in [0.5, 0.6) is 5.75 Å². The number of nitrogens with one attached hydrogen (secondary N) is 1. The number of aromatic nitrogens is 2. The van der Waals surface area contributed by atoms with Crippen LogP contribution in [-0.2, 0) is 0 Å². The van der Waals surface area contributed by atoms with Gasteiger partial charge in [-0.15, -0.1) is 0 Å². The summed E-state index contributed by atoms with van der Waals surface area (Å²) in [6, 6.07) is 13.1. The first kappa shape index (κ1) is 18.1. The smallest absolute Gasteiger partial charge is 0.248 e. The molecular weight excluding hydrogens is 320 g/mol. The number of fused-ring (bicyclic) bond motifs is 1. The van der Waals surface area contributed by atoms with Gasteiger partial charge in [0.05, 0.1) is 6.61 Å². The number of rotatable bonds is 5. The molecule has 1 N–H and O–H groups in total. The summed E-state index contributed by atoms with van der Waals surface area (Å²) >= 11 is 4.16. The van der Waals surface area contributed by atoms with E-state index in [-0.39, 0.29) is 5.56 Å². The zero-order valence-electron chi connectivity index (χ0n) is 13.7. The van der Waals surface area contributed by atoms with Gasteiger partial charge >= 0.3 is 0 Å². The van der Waals surface area contributed by atoms with Gasteiger partial charge < -0.3 is 9.72 Å². The summed E-state index contributed by atoms with van der Waals surface area (Å²) in [4.78, 5) is 17.9. The van der Waals surface area contributed by atoms with Crippen LogP contribution in [0.25, 0.3) is 10.9 Å². The highest BCUT2D eigenvalue weighted by Gasteiger charge is 2.02. The minimum absolute atomic E-state index is 0.0672. The summed E-state index contributed by atoms with van der Waals surface area (Å²) in [5.41, 5.74) is 1.75. The highest BCUT2D eigenvalue weighted by Crippen LogP contribution is 2.21. The lowest BCUT2D eigenvalue weighted by Gasteiger charge is -2.08. The summed E-state index contributed by atoms with van der Waals surface area (Å²) < 4.78 is 5.68. The first-order chi connectivity index (χ1) is 11.7. The number of thiol groups is 1. The fraction of sp³-hybridized carbons (Fsp3) is 0.263. The van der Waals surface area contributed by atoms with E-state index >= 15 is 0 Å². The summed E-state index contributed by atoms with van der Waals surface area (Å²) in [6.07, 6.45) is 5.56. The van der Waals surface area contributed by atoms with Crippen LogP contribution in [0.2, 0.25) is 0 Å². The molecule has 0 aliphatic heterocycles. The molecule has 0 radical (unpaired) electrons. The van der Waals surface area contributed by atoms with E-state index in [9.17, 15) is 4.79 Å². The van der Waals surface area contributed by atoms with Crippen LogP contribution in [-0.4, -0.2) is 22.3 Å². The van der Waals surface area contributed by atoms with Crippen molar-refractivity contribution in [2.24, 2.45) is 0 Å². The van der Waals surface area contributed by atoms with Crippen molar-refractivity contribution in [2.45, 2.75) is 19.8 Å². The number of benzene rings is 1. The Morgan fingerprint density at radius 1 is 1.12 bits per heavy atom. The molecule has 0 aliphatic rings. The quantitative estimate of drug-likeness (QED) is 0.544. The molecule has 0 bridgehead atoms. The zero-order valence-corrected chi connectivity index (χ0v) is 14.6. The number of hydrogen-bond donors (Lipinski definition) is 2. The SMILES string of the molecule is Cc1cc(=O)[nH]c2ccc(OCCCCS)cc12.c1ccncc1. The first-order valence-corrected chi connectivity index (χ1v) is 8.56. The molecule has 0 atom stereocenters. The van der Waals surface area contributed by atoms with Crippen LogP contribution < -0.4 is 10.3 Å². The van der Waals surface area contributed by atoms with Crippen molar-refractivity contribution in [1.82, 2.24) is 9.97 Å². The fourth-order valence-corrected chi connectivity index (χ4v) is 2.43. The van der Waals surface area contributed by atoms with Crippen LogP contribution in [0, 0.1) is 6.92 Å². The van der Waals surface area contributed by atoms with Gasteiger partial charge in [0.1, 0.15) is 5.75 Å². The molecule has 0 aliphatic carbocycles. The topological polar surface area (TPSA) is 55.0 Å². The number of ether oxygens (including phenoxy) is 1. The predicted molar refractivity (Wildman–Crippen MR) is 102 cm³/mol. The van der Waals surface area contributed by atoms with Gasteiger partial charge in [-0.1, -0.05) is 6.07 Å². The minimum Gasteiger partial charge on any atom is -0.494 e. The highest BCUT2D eigenvalue weighted by atomic mass is 32.1. The molecule has 126 valence electrons. The Morgan fingerprint density at radius 2 is 1.92 bits per heavy atom. The molecule has 0 saturated carbocycles. The normalized spacial score (nSPS) is 10.1. The molecule has 2 aromatic heterocycles. The molecule has 0 amide bonds. The number of unbranched alkanes of at least 4 members (excludes halogenated alkanes) is 1. The van der Waals surface area contributed by atoms with E-state index in [2.05, 4.69) is 22.6 Å². The maximum Gasteiger partial charge on any atom is 0.248 e. The van der Waals surface area contributed by atoms with E-state index in [1.165, 1.54) is 0 Å². The molecule has 1 aromatic carbocycles. The molecule has 0 fully saturated rings. The van der Waals surface area contributed by atoms with Gasteiger partial charge in [0.2, 0.25) is 5.56 Å². The lowest BCUT2D eigenvalue weighted by molar-refractivity contribution is 0.310. The lowest BCUT2D eigenvalue weighted by atomic mass is 10.1. The maximum atomic E-state index is 11.3. The van der Waals surface area contributed by atoms with Gasteiger partial charge in [-0.25, -0.2) is 0 Å².